The molecule has 6 N–H and O–H groups in total. The number of nitrogen functional groups attached to an aromatic ring is 1. The van der Waals surface area contributed by atoms with Crippen molar-refractivity contribution < 1.29 is 54.9 Å². The van der Waals surface area contributed by atoms with E-state index in [-0.39, 0.29) is 55.1 Å². The molecule has 16 nitrogen and oxygen atoms in total. The third-order valence-electron chi connectivity index (χ3n) is 8.63. The molecule has 1 unspecified atom stereocenters. The van der Waals surface area contributed by atoms with Gasteiger partial charge in [0.25, 0.3) is 11.8 Å². The highest BCUT2D eigenvalue weighted by Crippen LogP contribution is 2.30. The van der Waals surface area contributed by atoms with Crippen LogP contribution in [0.3, 0.4) is 0 Å². The molecule has 3 amide bonds. The van der Waals surface area contributed by atoms with Crippen LogP contribution in [0.15, 0.2) is 116 Å². The number of pyridine rings is 3. The van der Waals surface area contributed by atoms with Crippen LogP contribution in [0, 0.1) is 0 Å². The van der Waals surface area contributed by atoms with Crippen molar-refractivity contribution in [2.24, 2.45) is 0 Å². The van der Waals surface area contributed by atoms with Gasteiger partial charge in [-0.1, -0.05) is 60.7 Å². The van der Waals surface area contributed by atoms with Crippen LogP contribution in [-0.2, 0) is 44.6 Å². The van der Waals surface area contributed by atoms with Gasteiger partial charge in [0.1, 0.15) is 29.3 Å². The van der Waals surface area contributed by atoms with E-state index in [2.05, 4.69) is 41.7 Å². The van der Waals surface area contributed by atoms with E-state index in [1.54, 1.807) is 20.8 Å². The normalized spacial score (nSPS) is 12.6. The van der Waals surface area contributed by atoms with E-state index in [4.69, 9.17) is 19.9 Å². The summed E-state index contributed by atoms with van der Waals surface area (Å²) in [6.07, 6.45) is -7.06. The molecule has 2 aromatic carbocycles. The monoisotopic (exact) mass is 910 g/mol. The molecule has 0 fully saturated rings. The zero-order valence-electron chi connectivity index (χ0n) is 35.0. The summed E-state index contributed by atoms with van der Waals surface area (Å²) in [4.78, 5) is 44.9. The second kappa shape index (κ2) is 21.8. The summed E-state index contributed by atoms with van der Waals surface area (Å²) in [5.41, 5.74) is 9.89. The number of aromatic nitrogens is 5. The first kappa shape index (κ1) is 48.7. The Morgan fingerprint density at radius 3 is 1.88 bits per heavy atom. The molecule has 0 aliphatic heterocycles. The summed E-state index contributed by atoms with van der Waals surface area (Å²) in [7, 11) is 0. The van der Waals surface area contributed by atoms with Gasteiger partial charge in [0, 0.05) is 18.6 Å². The minimum Gasteiger partial charge on any atom is -0.444 e. The van der Waals surface area contributed by atoms with Crippen LogP contribution < -0.4 is 27.2 Å². The number of alkyl carbamates (subject to hydrolysis) is 1. The first-order valence-electron chi connectivity index (χ1n) is 19.5. The summed E-state index contributed by atoms with van der Waals surface area (Å²) in [5.74, 6) is -0.893. The lowest BCUT2D eigenvalue weighted by molar-refractivity contribution is -0.138. The molecule has 0 saturated heterocycles. The van der Waals surface area contributed by atoms with Crippen molar-refractivity contribution in [3.05, 3.63) is 149 Å². The highest BCUT2D eigenvalue weighted by Gasteiger charge is 2.33. The van der Waals surface area contributed by atoms with Crippen LogP contribution in [0.1, 0.15) is 65.2 Å². The lowest BCUT2D eigenvalue weighted by Crippen LogP contribution is -2.51. The van der Waals surface area contributed by atoms with Gasteiger partial charge >= 0.3 is 18.4 Å². The number of anilines is 2. The van der Waals surface area contributed by atoms with Gasteiger partial charge in [-0.3, -0.25) is 24.8 Å². The first-order chi connectivity index (χ1) is 30.7. The van der Waals surface area contributed by atoms with Crippen LogP contribution >= 0.6 is 0 Å². The van der Waals surface area contributed by atoms with Crippen LogP contribution in [0.4, 0.5) is 42.8 Å². The minimum atomic E-state index is -4.55. The Kier molecular flexibility index (Phi) is 16.4. The van der Waals surface area contributed by atoms with Gasteiger partial charge in [-0.25, -0.2) is 14.8 Å². The predicted molar refractivity (Wildman–Crippen MR) is 223 cm³/mol. The van der Waals surface area contributed by atoms with Crippen molar-refractivity contribution in [1.82, 2.24) is 40.6 Å². The summed E-state index contributed by atoms with van der Waals surface area (Å²) in [5, 5.41) is 13.1. The SMILES string of the molecule is CC(C)(C)OC(=O)NC(COCc1ccccc1)C(=O)NNc1ccc(C(F)(F)F)cn1.Nc1ccc(C(=O)N[C@H](COCc2ccccc2)c2nnc3ccc(C(F)(F)F)cn23)cn1. The summed E-state index contributed by atoms with van der Waals surface area (Å²) >= 11 is 0. The Morgan fingerprint density at radius 1 is 0.708 bits per heavy atom. The molecular formula is C43H44F6N10O6. The average Bonchev–Trinajstić information content (AvgIpc) is 3.68. The largest absolute Gasteiger partial charge is 0.444 e. The number of nitrogens with zero attached hydrogens (tertiary/aromatic N) is 5. The Labute approximate surface area is 367 Å². The van der Waals surface area contributed by atoms with Crippen molar-refractivity contribution in [3.8, 4) is 0 Å². The lowest BCUT2D eigenvalue weighted by Gasteiger charge is -2.23. The maximum absolute atomic E-state index is 13.2. The fraction of sp³-hybridized carbons (Fsp3) is 0.279. The van der Waals surface area contributed by atoms with Crippen LogP contribution in [-0.4, -0.2) is 67.3 Å². The Hall–Kier alpha value is -7.33. The average molecular weight is 911 g/mol. The second-order valence-corrected chi connectivity index (χ2v) is 14.9. The molecule has 65 heavy (non-hydrogen) atoms. The summed E-state index contributed by atoms with van der Waals surface area (Å²) < 4.78 is 95.3. The van der Waals surface area contributed by atoms with Gasteiger partial charge in [0.15, 0.2) is 11.5 Å². The molecule has 0 spiro atoms. The number of halogens is 6. The highest BCUT2D eigenvalue weighted by atomic mass is 19.4. The van der Waals surface area contributed by atoms with Crippen LogP contribution in [0.2, 0.25) is 0 Å². The van der Waals surface area contributed by atoms with Gasteiger partial charge in [-0.2, -0.15) is 26.3 Å². The molecule has 0 saturated carbocycles. The van der Waals surface area contributed by atoms with E-state index in [0.29, 0.717) is 6.20 Å². The number of nitrogens with one attached hydrogen (secondary N) is 4. The third-order valence-corrected chi connectivity index (χ3v) is 8.63. The van der Waals surface area contributed by atoms with Gasteiger partial charge in [-0.05, 0) is 68.3 Å². The smallest absolute Gasteiger partial charge is 0.417 e. The van der Waals surface area contributed by atoms with E-state index in [0.717, 1.165) is 35.5 Å². The number of hydrogen-bond donors (Lipinski definition) is 5. The third kappa shape index (κ3) is 15.5. The number of ether oxygens (including phenoxy) is 3. The molecule has 0 radical (unpaired) electrons. The van der Waals surface area contributed by atoms with Crippen LogP contribution in [0.25, 0.3) is 5.65 Å². The molecule has 0 bridgehead atoms. The van der Waals surface area contributed by atoms with Gasteiger partial charge in [0.2, 0.25) is 0 Å². The van der Waals surface area contributed by atoms with Crippen LogP contribution in [0.5, 0.6) is 0 Å². The quantitative estimate of drug-likeness (QED) is 0.0518. The van der Waals surface area contributed by atoms with E-state index in [1.165, 1.54) is 28.8 Å². The number of carbonyl (C=O) groups excluding carboxylic acids is 3. The van der Waals surface area contributed by atoms with Crippen molar-refractivity contribution in [2.75, 3.05) is 24.4 Å². The lowest BCUT2D eigenvalue weighted by atomic mass is 10.2. The highest BCUT2D eigenvalue weighted by molar-refractivity contribution is 5.94. The predicted octanol–water partition coefficient (Wildman–Crippen LogP) is 7.07. The molecule has 6 rings (SSSR count). The fourth-order valence-corrected chi connectivity index (χ4v) is 5.49. The van der Waals surface area contributed by atoms with Crippen molar-refractivity contribution >= 4 is 35.2 Å². The standard InChI is InChI=1S/C22H19F3N6O2.C21H25F3N4O4/c23-22(24,25)16-7-9-19-29-30-20(31(19)11-16)17(13-33-12-14-4-2-1-3-5-14)28-21(32)15-6-8-18(26)27-10-15;1-20(2,3)32-19(30)26-16(13-31-12-14-7-5-4-6-8-14)18(29)28-27-17-10-9-15(11-25-17)21(22,23)24/h1-11,17H,12-13H2,(H2,26,27)(H,28,32);4-11,16H,12-13H2,1-3H3,(H,25,27)(H,26,30)(H,28,29)/t17-;/m1./s1. The number of benzene rings is 2. The summed E-state index contributed by atoms with van der Waals surface area (Å²) in [6, 6.07) is 23.5. The molecule has 22 heteroatoms. The number of fused-ring (bicyclic) bond motifs is 1. The fourth-order valence-electron chi connectivity index (χ4n) is 5.49. The van der Waals surface area contributed by atoms with Crippen molar-refractivity contribution in [2.45, 2.75) is 64.0 Å². The number of carbonyl (C=O) groups is 3. The number of alkyl halides is 6. The molecule has 344 valence electrons. The van der Waals surface area contributed by atoms with Crippen molar-refractivity contribution in [1.29, 1.82) is 0 Å². The van der Waals surface area contributed by atoms with Crippen molar-refractivity contribution in [3.63, 3.8) is 0 Å². The zero-order valence-corrected chi connectivity index (χ0v) is 35.0. The molecule has 0 aliphatic rings. The molecule has 6 aromatic rings. The molecule has 4 heterocycles. The van der Waals surface area contributed by atoms with E-state index in [9.17, 15) is 40.7 Å². The second-order valence-electron chi connectivity index (χ2n) is 14.9. The van der Waals surface area contributed by atoms with E-state index >= 15 is 0 Å². The minimum absolute atomic E-state index is 0.0208. The molecule has 4 aromatic heterocycles. The van der Waals surface area contributed by atoms with E-state index < -0.39 is 59.1 Å². The number of hydrazine groups is 1. The zero-order chi connectivity index (χ0) is 47.2. The van der Waals surface area contributed by atoms with Gasteiger partial charge in [-0.15, -0.1) is 10.2 Å². The number of hydrogen-bond acceptors (Lipinski definition) is 12. The molecule has 0 aliphatic carbocycles. The maximum Gasteiger partial charge on any atom is 0.417 e. The topological polar surface area (TPSA) is 209 Å². The number of nitrogens with two attached hydrogens (primary N) is 1. The maximum atomic E-state index is 13.2. The first-order valence-corrected chi connectivity index (χ1v) is 19.5. The number of rotatable bonds is 15. The van der Waals surface area contributed by atoms with Gasteiger partial charge in [0.05, 0.1) is 43.1 Å². The Morgan fingerprint density at radius 2 is 1.32 bits per heavy atom. The molecular weight excluding hydrogens is 867 g/mol. The Balaban J connectivity index is 0.000000244. The van der Waals surface area contributed by atoms with E-state index in [1.807, 2.05) is 60.7 Å². The number of amides is 3. The molecule has 2 atom stereocenters. The van der Waals surface area contributed by atoms with Gasteiger partial charge < -0.3 is 30.6 Å². The summed E-state index contributed by atoms with van der Waals surface area (Å²) in [6.45, 7) is 5.22. The Bertz CT molecular complexity index is 2470.